The lowest BCUT2D eigenvalue weighted by atomic mass is 9.85. The lowest BCUT2D eigenvalue weighted by molar-refractivity contribution is 0.620. The van der Waals surface area contributed by atoms with Gasteiger partial charge >= 0.3 is 0 Å². The van der Waals surface area contributed by atoms with Crippen molar-refractivity contribution < 1.29 is 0 Å². The standard InChI is InChI=1S/C20H26N6/c1-3-17(25-19-21-5-6-22-19)11-15-10-14-2-4-18(12-16(14)9-13(1)15)26-20-23-7-8-24-20/h1-4,11-12,19-26H,5-10H2. The molecule has 0 bridgehead atoms. The molecule has 0 atom stereocenters. The molecule has 136 valence electrons. The van der Waals surface area contributed by atoms with E-state index in [0.717, 1.165) is 39.0 Å². The first-order valence-corrected chi connectivity index (χ1v) is 9.54. The summed E-state index contributed by atoms with van der Waals surface area (Å²) >= 11 is 0. The molecule has 2 saturated heterocycles. The van der Waals surface area contributed by atoms with E-state index in [4.69, 9.17) is 0 Å². The Hall–Kier alpha value is -2.12. The normalized spacial score (nSPS) is 20.0. The SMILES string of the molecule is c1cc2c(cc1NC1NCCN1)Cc1ccc(NC3NCCN3)cc1C2. The number of hydrogen-bond donors (Lipinski definition) is 6. The van der Waals surface area contributed by atoms with Gasteiger partial charge in [-0.15, -0.1) is 0 Å². The van der Waals surface area contributed by atoms with E-state index < -0.39 is 0 Å². The lowest BCUT2D eigenvalue weighted by Gasteiger charge is -2.23. The monoisotopic (exact) mass is 350 g/mol. The van der Waals surface area contributed by atoms with E-state index in [2.05, 4.69) is 68.3 Å². The van der Waals surface area contributed by atoms with Gasteiger partial charge < -0.3 is 10.6 Å². The maximum absolute atomic E-state index is 3.52. The van der Waals surface area contributed by atoms with Crippen LogP contribution in [0.3, 0.4) is 0 Å². The molecule has 0 saturated carbocycles. The Morgan fingerprint density at radius 1 is 0.577 bits per heavy atom. The zero-order valence-corrected chi connectivity index (χ0v) is 14.9. The summed E-state index contributed by atoms with van der Waals surface area (Å²) in [5.41, 5.74) is 8.08. The predicted molar refractivity (Wildman–Crippen MR) is 105 cm³/mol. The molecule has 2 heterocycles. The van der Waals surface area contributed by atoms with E-state index in [1.54, 1.807) is 0 Å². The first-order valence-electron chi connectivity index (χ1n) is 9.54. The maximum Gasteiger partial charge on any atom is 0.132 e. The van der Waals surface area contributed by atoms with E-state index in [9.17, 15) is 0 Å². The molecular formula is C20H26N6. The Kier molecular flexibility index (Phi) is 4.26. The van der Waals surface area contributed by atoms with Crippen LogP contribution in [0.15, 0.2) is 36.4 Å². The summed E-state index contributed by atoms with van der Waals surface area (Å²) in [5, 5.41) is 20.6. The van der Waals surface area contributed by atoms with Crippen LogP contribution in [0.1, 0.15) is 22.3 Å². The Balaban J connectivity index is 1.32. The van der Waals surface area contributed by atoms with Gasteiger partial charge in [0.15, 0.2) is 0 Å². The van der Waals surface area contributed by atoms with Crippen molar-refractivity contribution in [2.24, 2.45) is 0 Å². The highest BCUT2D eigenvalue weighted by atomic mass is 15.3. The average molecular weight is 350 g/mol. The highest BCUT2D eigenvalue weighted by Crippen LogP contribution is 2.31. The number of benzene rings is 2. The first-order chi connectivity index (χ1) is 12.8. The van der Waals surface area contributed by atoms with Gasteiger partial charge in [0.1, 0.15) is 12.6 Å². The molecule has 2 aliphatic heterocycles. The van der Waals surface area contributed by atoms with Crippen LogP contribution in [0.25, 0.3) is 0 Å². The summed E-state index contributed by atoms with van der Waals surface area (Å²) in [6.07, 6.45) is 2.36. The van der Waals surface area contributed by atoms with Gasteiger partial charge in [0, 0.05) is 37.6 Å². The van der Waals surface area contributed by atoms with Crippen molar-refractivity contribution in [2.45, 2.75) is 25.4 Å². The molecule has 3 aliphatic rings. The van der Waals surface area contributed by atoms with Gasteiger partial charge in [0.25, 0.3) is 0 Å². The fourth-order valence-electron chi connectivity index (χ4n) is 4.06. The third-order valence-corrected chi connectivity index (χ3v) is 5.44. The molecule has 2 aromatic rings. The minimum Gasteiger partial charge on any atom is -0.358 e. The van der Waals surface area contributed by atoms with Gasteiger partial charge in [0.05, 0.1) is 0 Å². The average Bonchev–Trinajstić information content (AvgIpc) is 3.34. The molecule has 26 heavy (non-hydrogen) atoms. The van der Waals surface area contributed by atoms with Gasteiger partial charge in [0.2, 0.25) is 0 Å². The van der Waals surface area contributed by atoms with Crippen LogP contribution in [0.4, 0.5) is 11.4 Å². The Morgan fingerprint density at radius 2 is 1.00 bits per heavy atom. The van der Waals surface area contributed by atoms with E-state index in [-0.39, 0.29) is 12.6 Å². The number of hydrogen-bond acceptors (Lipinski definition) is 6. The van der Waals surface area contributed by atoms with E-state index in [0.29, 0.717) is 0 Å². The van der Waals surface area contributed by atoms with Crippen LogP contribution in [0.5, 0.6) is 0 Å². The van der Waals surface area contributed by atoms with Gasteiger partial charge in [-0.2, -0.15) is 0 Å². The summed E-state index contributed by atoms with van der Waals surface area (Å²) in [4.78, 5) is 0. The van der Waals surface area contributed by atoms with Crippen molar-refractivity contribution in [1.29, 1.82) is 0 Å². The van der Waals surface area contributed by atoms with Crippen molar-refractivity contribution in [1.82, 2.24) is 21.3 Å². The Morgan fingerprint density at radius 3 is 1.42 bits per heavy atom. The van der Waals surface area contributed by atoms with Crippen LogP contribution >= 0.6 is 0 Å². The number of rotatable bonds is 4. The highest BCUT2D eigenvalue weighted by Gasteiger charge is 2.19. The summed E-state index contributed by atoms with van der Waals surface area (Å²) in [6.45, 7) is 4.05. The van der Waals surface area contributed by atoms with Crippen LogP contribution in [0.2, 0.25) is 0 Å². The zero-order valence-electron chi connectivity index (χ0n) is 14.9. The van der Waals surface area contributed by atoms with Crippen LogP contribution < -0.4 is 31.9 Å². The third-order valence-electron chi connectivity index (χ3n) is 5.44. The van der Waals surface area contributed by atoms with Crippen molar-refractivity contribution in [3.05, 3.63) is 58.7 Å². The van der Waals surface area contributed by atoms with Crippen molar-refractivity contribution in [3.63, 3.8) is 0 Å². The maximum atomic E-state index is 3.52. The van der Waals surface area contributed by atoms with Gasteiger partial charge in [-0.05, 0) is 59.4 Å². The Labute approximate surface area is 154 Å². The zero-order chi connectivity index (χ0) is 17.3. The molecule has 0 unspecified atom stereocenters. The molecule has 0 amide bonds. The second-order valence-electron chi connectivity index (χ2n) is 7.29. The van der Waals surface area contributed by atoms with E-state index in [1.807, 2.05) is 0 Å². The molecule has 2 fully saturated rings. The molecule has 0 aromatic heterocycles. The molecular weight excluding hydrogens is 324 g/mol. The number of fused-ring (bicyclic) bond motifs is 2. The molecule has 6 heteroatoms. The minimum atomic E-state index is 0.176. The number of nitrogens with one attached hydrogen (secondary N) is 6. The van der Waals surface area contributed by atoms with Crippen LogP contribution in [-0.2, 0) is 12.8 Å². The van der Waals surface area contributed by atoms with Gasteiger partial charge in [-0.3, -0.25) is 21.3 Å². The van der Waals surface area contributed by atoms with Crippen LogP contribution in [-0.4, -0.2) is 38.8 Å². The lowest BCUT2D eigenvalue weighted by Crippen LogP contribution is -2.38. The summed E-state index contributed by atoms with van der Waals surface area (Å²) in [7, 11) is 0. The number of anilines is 2. The molecule has 2 aromatic carbocycles. The predicted octanol–water partition coefficient (Wildman–Crippen LogP) is 0.958. The third kappa shape index (κ3) is 3.29. The molecule has 6 N–H and O–H groups in total. The molecule has 0 spiro atoms. The van der Waals surface area contributed by atoms with E-state index >= 15 is 0 Å². The first kappa shape index (κ1) is 16.1. The second-order valence-corrected chi connectivity index (χ2v) is 7.29. The van der Waals surface area contributed by atoms with Crippen molar-refractivity contribution in [3.8, 4) is 0 Å². The van der Waals surface area contributed by atoms with Crippen LogP contribution in [0, 0.1) is 0 Å². The van der Waals surface area contributed by atoms with Gasteiger partial charge in [-0.1, -0.05) is 12.1 Å². The fourth-order valence-corrected chi connectivity index (χ4v) is 4.06. The molecule has 6 nitrogen and oxygen atoms in total. The quantitative estimate of drug-likeness (QED) is 0.421. The topological polar surface area (TPSA) is 72.2 Å². The Bertz CT molecular complexity index is 725. The highest BCUT2D eigenvalue weighted by molar-refractivity contribution is 5.57. The molecule has 1 aliphatic carbocycles. The van der Waals surface area contributed by atoms with Crippen molar-refractivity contribution in [2.75, 3.05) is 36.8 Å². The second kappa shape index (κ2) is 6.89. The summed E-state index contributed by atoms with van der Waals surface area (Å²) in [5.74, 6) is 0. The molecule has 0 radical (unpaired) electrons. The summed E-state index contributed by atoms with van der Waals surface area (Å²) < 4.78 is 0. The largest absolute Gasteiger partial charge is 0.358 e. The van der Waals surface area contributed by atoms with E-state index in [1.165, 1.54) is 33.6 Å². The summed E-state index contributed by atoms with van der Waals surface area (Å²) in [6, 6.07) is 13.5. The minimum absolute atomic E-state index is 0.176. The smallest absolute Gasteiger partial charge is 0.132 e. The molecule has 5 rings (SSSR count). The fraction of sp³-hybridized carbons (Fsp3) is 0.400. The van der Waals surface area contributed by atoms with Crippen molar-refractivity contribution >= 4 is 11.4 Å². The van der Waals surface area contributed by atoms with Gasteiger partial charge in [-0.25, -0.2) is 0 Å².